The van der Waals surface area contributed by atoms with Crippen molar-refractivity contribution >= 4 is 0 Å². The summed E-state index contributed by atoms with van der Waals surface area (Å²) < 4.78 is 19.4. The van der Waals surface area contributed by atoms with Crippen LogP contribution in [0.1, 0.15) is 32.3 Å². The summed E-state index contributed by atoms with van der Waals surface area (Å²) in [6, 6.07) is 7.04. The molecule has 1 N–H and O–H groups in total. The second-order valence-corrected chi connectivity index (χ2v) is 4.61. The van der Waals surface area contributed by atoms with Gasteiger partial charge in [0.05, 0.1) is 5.60 Å². The Morgan fingerprint density at radius 1 is 1.28 bits per heavy atom. The van der Waals surface area contributed by atoms with E-state index in [1.807, 2.05) is 19.2 Å². The Kier molecular flexibility index (Phi) is 5.76. The highest BCUT2D eigenvalue weighted by Gasteiger charge is 2.35. The standard InChI is InChI=1S/C15H24FNO/c1-5-15(6-2,18-4)14(17-3)11-12-9-7-8-10-13(12)16/h7-10,14,17H,5-6,11H2,1-4H3. The molecule has 0 amide bonds. The molecule has 0 saturated carbocycles. The highest BCUT2D eigenvalue weighted by molar-refractivity contribution is 5.19. The van der Waals surface area contributed by atoms with Gasteiger partial charge in [-0.15, -0.1) is 0 Å². The molecular formula is C15H24FNO. The number of halogens is 1. The van der Waals surface area contributed by atoms with Crippen LogP contribution in [0.3, 0.4) is 0 Å². The molecule has 0 aliphatic heterocycles. The molecule has 0 fully saturated rings. The second-order valence-electron chi connectivity index (χ2n) is 4.61. The van der Waals surface area contributed by atoms with Crippen LogP contribution in [0, 0.1) is 5.82 Å². The lowest BCUT2D eigenvalue weighted by Gasteiger charge is -2.38. The lowest BCUT2D eigenvalue weighted by molar-refractivity contribution is -0.0456. The van der Waals surface area contributed by atoms with Gasteiger partial charge in [0.2, 0.25) is 0 Å². The van der Waals surface area contributed by atoms with Crippen molar-refractivity contribution in [2.45, 2.75) is 44.8 Å². The number of likely N-dealkylation sites (N-methyl/N-ethyl adjacent to an activating group) is 1. The van der Waals surface area contributed by atoms with Crippen LogP contribution in [0.25, 0.3) is 0 Å². The monoisotopic (exact) mass is 253 g/mol. The zero-order valence-electron chi connectivity index (χ0n) is 11.8. The van der Waals surface area contributed by atoms with E-state index in [1.165, 1.54) is 6.07 Å². The number of methoxy groups -OCH3 is 1. The first-order chi connectivity index (χ1) is 8.63. The van der Waals surface area contributed by atoms with Crippen molar-refractivity contribution in [3.05, 3.63) is 35.6 Å². The zero-order chi connectivity index (χ0) is 13.6. The Morgan fingerprint density at radius 2 is 1.89 bits per heavy atom. The quantitative estimate of drug-likeness (QED) is 0.806. The molecule has 3 heteroatoms. The second kappa shape index (κ2) is 6.86. The fourth-order valence-electron chi connectivity index (χ4n) is 2.61. The molecule has 0 spiro atoms. The van der Waals surface area contributed by atoms with E-state index in [9.17, 15) is 4.39 Å². The van der Waals surface area contributed by atoms with Crippen LogP contribution in [-0.2, 0) is 11.2 Å². The maximum atomic E-state index is 13.7. The molecule has 2 nitrogen and oxygen atoms in total. The molecule has 1 unspecified atom stereocenters. The molecule has 0 bridgehead atoms. The van der Waals surface area contributed by atoms with E-state index in [0.717, 1.165) is 18.4 Å². The van der Waals surface area contributed by atoms with Gasteiger partial charge in [-0.25, -0.2) is 4.39 Å². The highest BCUT2D eigenvalue weighted by atomic mass is 19.1. The third-order valence-corrected chi connectivity index (χ3v) is 3.97. The number of benzene rings is 1. The van der Waals surface area contributed by atoms with Crippen LogP contribution in [0.15, 0.2) is 24.3 Å². The third-order valence-electron chi connectivity index (χ3n) is 3.97. The zero-order valence-corrected chi connectivity index (χ0v) is 11.8. The summed E-state index contributed by atoms with van der Waals surface area (Å²) in [4.78, 5) is 0. The average Bonchev–Trinajstić information content (AvgIpc) is 2.42. The first-order valence-electron chi connectivity index (χ1n) is 6.59. The minimum absolute atomic E-state index is 0.106. The van der Waals surface area contributed by atoms with Gasteiger partial charge in [0, 0.05) is 13.2 Å². The van der Waals surface area contributed by atoms with E-state index in [2.05, 4.69) is 19.2 Å². The van der Waals surface area contributed by atoms with Gasteiger partial charge in [0.25, 0.3) is 0 Å². The summed E-state index contributed by atoms with van der Waals surface area (Å²) in [6.07, 6.45) is 2.44. The molecule has 102 valence electrons. The Bertz CT molecular complexity index is 355. The van der Waals surface area contributed by atoms with Crippen molar-refractivity contribution in [3.8, 4) is 0 Å². The maximum absolute atomic E-state index is 13.7. The summed E-state index contributed by atoms with van der Waals surface area (Å²) >= 11 is 0. The van der Waals surface area contributed by atoms with Gasteiger partial charge >= 0.3 is 0 Å². The topological polar surface area (TPSA) is 21.3 Å². The molecule has 1 aromatic carbocycles. The van der Waals surface area contributed by atoms with Crippen LogP contribution in [0.5, 0.6) is 0 Å². The SMILES string of the molecule is CCC(CC)(OC)C(Cc1ccccc1F)NC. The van der Waals surface area contributed by atoms with Crippen molar-refractivity contribution in [3.63, 3.8) is 0 Å². The molecule has 0 aliphatic rings. The molecule has 0 aromatic heterocycles. The maximum Gasteiger partial charge on any atom is 0.126 e. The van der Waals surface area contributed by atoms with Crippen LogP contribution in [-0.4, -0.2) is 25.8 Å². The van der Waals surface area contributed by atoms with Gasteiger partial charge in [0.15, 0.2) is 0 Å². The van der Waals surface area contributed by atoms with E-state index in [0.29, 0.717) is 6.42 Å². The molecule has 18 heavy (non-hydrogen) atoms. The van der Waals surface area contributed by atoms with Gasteiger partial charge in [-0.3, -0.25) is 0 Å². The molecule has 1 atom stereocenters. The molecule has 0 saturated heterocycles. The molecule has 0 aliphatic carbocycles. The Morgan fingerprint density at radius 3 is 2.33 bits per heavy atom. The Labute approximate surface area is 110 Å². The van der Waals surface area contributed by atoms with Gasteiger partial charge < -0.3 is 10.1 Å². The normalized spacial score (nSPS) is 13.6. The smallest absolute Gasteiger partial charge is 0.126 e. The Hall–Kier alpha value is -0.930. The number of hydrogen-bond donors (Lipinski definition) is 1. The van der Waals surface area contributed by atoms with E-state index >= 15 is 0 Å². The minimum Gasteiger partial charge on any atom is -0.377 e. The van der Waals surface area contributed by atoms with Crippen molar-refractivity contribution in [1.82, 2.24) is 5.32 Å². The summed E-state index contributed by atoms with van der Waals surface area (Å²) in [5.74, 6) is -0.144. The third kappa shape index (κ3) is 3.09. The molecule has 1 aromatic rings. The van der Waals surface area contributed by atoms with Crippen molar-refractivity contribution < 1.29 is 9.13 Å². The van der Waals surface area contributed by atoms with Gasteiger partial charge in [0.1, 0.15) is 5.82 Å². The van der Waals surface area contributed by atoms with E-state index in [1.54, 1.807) is 13.2 Å². The van der Waals surface area contributed by atoms with Crippen molar-refractivity contribution in [2.75, 3.05) is 14.2 Å². The number of hydrogen-bond acceptors (Lipinski definition) is 2. The summed E-state index contributed by atoms with van der Waals surface area (Å²) in [7, 11) is 3.64. The van der Waals surface area contributed by atoms with E-state index < -0.39 is 0 Å². The predicted octanol–water partition coefficient (Wildman–Crippen LogP) is 3.16. The summed E-state index contributed by atoms with van der Waals surface area (Å²) in [6.45, 7) is 4.22. The fourth-order valence-corrected chi connectivity index (χ4v) is 2.61. The van der Waals surface area contributed by atoms with Crippen LogP contribution in [0.2, 0.25) is 0 Å². The molecule has 0 heterocycles. The van der Waals surface area contributed by atoms with Crippen molar-refractivity contribution in [1.29, 1.82) is 0 Å². The number of nitrogens with one attached hydrogen (secondary N) is 1. The van der Waals surface area contributed by atoms with Gasteiger partial charge in [-0.05, 0) is 37.9 Å². The summed E-state index contributed by atoms with van der Waals surface area (Å²) in [5, 5.41) is 3.28. The highest BCUT2D eigenvalue weighted by Crippen LogP contribution is 2.27. The average molecular weight is 253 g/mol. The van der Waals surface area contributed by atoms with Gasteiger partial charge in [-0.2, -0.15) is 0 Å². The first kappa shape index (κ1) is 15.1. The minimum atomic E-state index is -0.239. The first-order valence-corrected chi connectivity index (χ1v) is 6.59. The number of rotatable bonds is 7. The largest absolute Gasteiger partial charge is 0.377 e. The summed E-state index contributed by atoms with van der Waals surface area (Å²) in [5.41, 5.74) is 0.497. The lowest BCUT2D eigenvalue weighted by Crippen LogP contribution is -2.51. The molecule has 1 rings (SSSR count). The Balaban J connectivity index is 2.94. The lowest BCUT2D eigenvalue weighted by atomic mass is 9.84. The fraction of sp³-hybridized carbons (Fsp3) is 0.600. The van der Waals surface area contributed by atoms with E-state index in [4.69, 9.17) is 4.74 Å². The van der Waals surface area contributed by atoms with Gasteiger partial charge in [-0.1, -0.05) is 32.0 Å². The van der Waals surface area contributed by atoms with E-state index in [-0.39, 0.29) is 17.5 Å². The van der Waals surface area contributed by atoms with Crippen LogP contribution >= 0.6 is 0 Å². The van der Waals surface area contributed by atoms with Crippen molar-refractivity contribution in [2.24, 2.45) is 0 Å². The van der Waals surface area contributed by atoms with Crippen LogP contribution in [0.4, 0.5) is 4.39 Å². The number of ether oxygens (including phenoxy) is 1. The predicted molar refractivity (Wildman–Crippen MR) is 73.3 cm³/mol. The van der Waals surface area contributed by atoms with Crippen LogP contribution < -0.4 is 5.32 Å². The molecular weight excluding hydrogens is 229 g/mol. The molecule has 0 radical (unpaired) electrons.